The molecule has 9 nitrogen and oxygen atoms in total. The van der Waals surface area contributed by atoms with Gasteiger partial charge in [-0.1, -0.05) is 177 Å². The molecule has 0 rings (SSSR count). The topological polar surface area (TPSA) is 134 Å². The standard InChI is InChI=1S/C47H84NO8P/c1-3-5-7-9-11-13-15-17-19-20-21-22-23-24-26-28-30-32-34-36-38-40-47(50)56-45(44-55-57(51,52)54-42-41-48)43-53-46(49)39-37-35-33-31-29-27-25-18-16-14-12-10-8-6-4-2/h17-26,45H,3-16,27-44,48H2,1-2H3,(H,51,52)/b19-17+,21-20-,23-22+,25-18-,26-24+/t45-/m1/s1. The molecule has 0 saturated carbocycles. The molecule has 0 aliphatic heterocycles. The first-order valence-corrected chi connectivity index (χ1v) is 24.3. The maximum absolute atomic E-state index is 12.6. The van der Waals surface area contributed by atoms with Crippen molar-refractivity contribution in [1.29, 1.82) is 0 Å². The van der Waals surface area contributed by atoms with Crippen LogP contribution in [0.15, 0.2) is 60.8 Å². The van der Waals surface area contributed by atoms with Crippen molar-refractivity contribution in [3.05, 3.63) is 60.8 Å². The van der Waals surface area contributed by atoms with E-state index in [0.717, 1.165) is 77.0 Å². The second-order valence-corrected chi connectivity index (χ2v) is 16.5. The first-order chi connectivity index (χ1) is 27.8. The highest BCUT2D eigenvalue weighted by atomic mass is 31.2. The van der Waals surface area contributed by atoms with Crippen LogP contribution >= 0.6 is 7.82 Å². The smallest absolute Gasteiger partial charge is 0.462 e. The molecule has 0 saturated heterocycles. The van der Waals surface area contributed by atoms with E-state index in [1.165, 1.54) is 83.5 Å². The summed E-state index contributed by atoms with van der Waals surface area (Å²) in [5.74, 6) is -0.866. The zero-order valence-electron chi connectivity index (χ0n) is 36.3. The first kappa shape index (κ1) is 54.7. The van der Waals surface area contributed by atoms with Crippen LogP contribution in [0.4, 0.5) is 0 Å². The average molecular weight is 822 g/mol. The SMILES string of the molecule is CCCCCCCC/C=C\CCCCCCCC(=O)OC[C@H](COP(=O)(O)OCCN)OC(=O)CCCCCCC/C=C/C=C/C=C\C=C\CCCCCCCC. The van der Waals surface area contributed by atoms with Gasteiger partial charge in [0.15, 0.2) is 6.10 Å². The number of rotatable bonds is 42. The van der Waals surface area contributed by atoms with Crippen LogP contribution in [-0.2, 0) is 32.7 Å². The summed E-state index contributed by atoms with van der Waals surface area (Å²) in [6, 6.07) is 0. The summed E-state index contributed by atoms with van der Waals surface area (Å²) in [6.45, 7) is 3.68. The number of nitrogens with two attached hydrogens (primary N) is 1. The van der Waals surface area contributed by atoms with Crippen molar-refractivity contribution in [2.75, 3.05) is 26.4 Å². The number of carbonyl (C=O) groups excluding carboxylic acids is 2. The zero-order valence-corrected chi connectivity index (χ0v) is 37.2. The van der Waals surface area contributed by atoms with E-state index in [1.807, 2.05) is 6.08 Å². The zero-order chi connectivity index (χ0) is 41.8. The summed E-state index contributed by atoms with van der Waals surface area (Å²) in [7, 11) is -4.39. The molecule has 57 heavy (non-hydrogen) atoms. The lowest BCUT2D eigenvalue weighted by molar-refractivity contribution is -0.161. The predicted octanol–water partition coefficient (Wildman–Crippen LogP) is 13.3. The molecule has 3 N–H and O–H groups in total. The molecule has 0 heterocycles. The second kappa shape index (κ2) is 43.3. The van der Waals surface area contributed by atoms with Gasteiger partial charge in [0.25, 0.3) is 0 Å². The lowest BCUT2D eigenvalue weighted by Crippen LogP contribution is -2.29. The summed E-state index contributed by atoms with van der Waals surface area (Å²) in [4.78, 5) is 34.9. The third kappa shape index (κ3) is 43.1. The lowest BCUT2D eigenvalue weighted by Gasteiger charge is -2.19. The van der Waals surface area contributed by atoms with Crippen LogP contribution in [-0.4, -0.2) is 49.3 Å². The molecule has 2 atom stereocenters. The Morgan fingerprint density at radius 3 is 1.40 bits per heavy atom. The normalized spacial score (nSPS) is 13.8. The molecule has 0 fully saturated rings. The van der Waals surface area contributed by atoms with E-state index in [4.69, 9.17) is 24.3 Å². The van der Waals surface area contributed by atoms with Crippen molar-refractivity contribution in [2.45, 2.75) is 200 Å². The highest BCUT2D eigenvalue weighted by molar-refractivity contribution is 7.47. The van der Waals surface area contributed by atoms with Gasteiger partial charge in [0.2, 0.25) is 0 Å². The van der Waals surface area contributed by atoms with E-state index in [2.05, 4.69) is 68.5 Å². The number of unbranched alkanes of at least 4 members (excludes halogenated alkanes) is 22. The molecule has 1 unspecified atom stereocenters. The fourth-order valence-corrected chi connectivity index (χ4v) is 6.82. The van der Waals surface area contributed by atoms with E-state index in [9.17, 15) is 19.0 Å². The van der Waals surface area contributed by atoms with Gasteiger partial charge in [-0.05, 0) is 64.2 Å². The first-order valence-electron chi connectivity index (χ1n) is 22.8. The monoisotopic (exact) mass is 822 g/mol. The van der Waals surface area contributed by atoms with Gasteiger partial charge in [0, 0.05) is 19.4 Å². The van der Waals surface area contributed by atoms with Crippen LogP contribution in [0.5, 0.6) is 0 Å². The Kier molecular flexibility index (Phi) is 41.6. The molecule has 0 aliphatic rings. The molecule has 0 aromatic heterocycles. The second-order valence-electron chi connectivity index (χ2n) is 15.0. The molecule has 0 aliphatic carbocycles. The van der Waals surface area contributed by atoms with Crippen LogP contribution in [0, 0.1) is 0 Å². The highest BCUT2D eigenvalue weighted by Crippen LogP contribution is 2.43. The van der Waals surface area contributed by atoms with Gasteiger partial charge in [0.1, 0.15) is 6.61 Å². The fraction of sp³-hybridized carbons (Fsp3) is 0.745. The van der Waals surface area contributed by atoms with Gasteiger partial charge < -0.3 is 20.1 Å². The number of phosphoric acid groups is 1. The molecule has 0 amide bonds. The summed E-state index contributed by atoms with van der Waals surface area (Å²) < 4.78 is 32.8. The molecular formula is C47H84NO8P. The summed E-state index contributed by atoms with van der Waals surface area (Å²) in [6.07, 6.45) is 51.0. The van der Waals surface area contributed by atoms with Crippen LogP contribution in [0.25, 0.3) is 0 Å². The fourth-order valence-electron chi connectivity index (χ4n) is 6.05. The maximum atomic E-state index is 12.6. The van der Waals surface area contributed by atoms with Crippen molar-refractivity contribution in [2.24, 2.45) is 5.73 Å². The molecule has 0 spiro atoms. The van der Waals surface area contributed by atoms with Gasteiger partial charge in [0.05, 0.1) is 13.2 Å². The summed E-state index contributed by atoms with van der Waals surface area (Å²) in [5, 5.41) is 0. The van der Waals surface area contributed by atoms with Gasteiger partial charge >= 0.3 is 19.8 Å². The van der Waals surface area contributed by atoms with E-state index >= 15 is 0 Å². The van der Waals surface area contributed by atoms with E-state index < -0.39 is 32.5 Å². The number of allylic oxidation sites excluding steroid dienone is 10. The van der Waals surface area contributed by atoms with E-state index in [-0.39, 0.29) is 32.6 Å². The Bertz CT molecular complexity index is 1120. The van der Waals surface area contributed by atoms with E-state index in [1.54, 1.807) is 0 Å². The molecule has 10 heteroatoms. The molecule has 0 aromatic carbocycles. The summed E-state index contributed by atoms with van der Waals surface area (Å²) in [5.41, 5.74) is 5.35. The molecule has 0 radical (unpaired) electrons. The van der Waals surface area contributed by atoms with Gasteiger partial charge in [-0.2, -0.15) is 0 Å². The molecule has 0 bridgehead atoms. The van der Waals surface area contributed by atoms with Gasteiger partial charge in [-0.3, -0.25) is 18.6 Å². The van der Waals surface area contributed by atoms with Crippen molar-refractivity contribution in [1.82, 2.24) is 0 Å². The minimum Gasteiger partial charge on any atom is -0.462 e. The number of carbonyl (C=O) groups is 2. The third-order valence-corrected chi connectivity index (χ3v) is 10.5. The number of hydrogen-bond acceptors (Lipinski definition) is 8. The van der Waals surface area contributed by atoms with Crippen LogP contribution in [0.2, 0.25) is 0 Å². The van der Waals surface area contributed by atoms with Crippen molar-refractivity contribution < 1.29 is 37.6 Å². The van der Waals surface area contributed by atoms with Crippen LogP contribution < -0.4 is 5.73 Å². The van der Waals surface area contributed by atoms with Crippen molar-refractivity contribution in [3.63, 3.8) is 0 Å². The van der Waals surface area contributed by atoms with Crippen LogP contribution in [0.3, 0.4) is 0 Å². The van der Waals surface area contributed by atoms with Crippen molar-refractivity contribution >= 4 is 19.8 Å². The van der Waals surface area contributed by atoms with Crippen molar-refractivity contribution in [3.8, 4) is 0 Å². The lowest BCUT2D eigenvalue weighted by atomic mass is 10.1. The number of phosphoric ester groups is 1. The number of esters is 2. The Morgan fingerprint density at radius 2 is 0.930 bits per heavy atom. The predicted molar refractivity (Wildman–Crippen MR) is 238 cm³/mol. The molecular weight excluding hydrogens is 737 g/mol. The number of ether oxygens (including phenoxy) is 2. The quantitative estimate of drug-likeness (QED) is 0.0203. The largest absolute Gasteiger partial charge is 0.472 e. The minimum absolute atomic E-state index is 0.0455. The Morgan fingerprint density at radius 1 is 0.526 bits per heavy atom. The van der Waals surface area contributed by atoms with Gasteiger partial charge in [-0.25, -0.2) is 4.57 Å². The third-order valence-electron chi connectivity index (χ3n) is 9.47. The average Bonchev–Trinajstić information content (AvgIpc) is 3.20. The Balaban J connectivity index is 4.22. The van der Waals surface area contributed by atoms with Crippen LogP contribution in [0.1, 0.15) is 194 Å². The molecule has 330 valence electrons. The maximum Gasteiger partial charge on any atom is 0.472 e. The van der Waals surface area contributed by atoms with E-state index in [0.29, 0.717) is 6.42 Å². The van der Waals surface area contributed by atoms with Gasteiger partial charge in [-0.15, -0.1) is 0 Å². The molecule has 0 aromatic rings. The minimum atomic E-state index is -4.39. The highest BCUT2D eigenvalue weighted by Gasteiger charge is 2.26. The Labute approximate surface area is 349 Å². The number of hydrogen-bond donors (Lipinski definition) is 2. The summed E-state index contributed by atoms with van der Waals surface area (Å²) >= 11 is 0. The Hall–Kier alpha value is -2.29.